The van der Waals surface area contributed by atoms with E-state index < -0.39 is 34.8 Å². The van der Waals surface area contributed by atoms with E-state index in [-0.39, 0.29) is 18.5 Å². The van der Waals surface area contributed by atoms with E-state index >= 15 is 0 Å². The first-order valence-corrected chi connectivity index (χ1v) is 6.87. The van der Waals surface area contributed by atoms with Crippen molar-refractivity contribution in [2.45, 2.75) is 38.4 Å². The predicted octanol–water partition coefficient (Wildman–Crippen LogP) is 3.34. The van der Waals surface area contributed by atoms with Crippen LogP contribution in [0.2, 0.25) is 0 Å². The van der Waals surface area contributed by atoms with Crippen LogP contribution in [0, 0.1) is 11.3 Å². The monoisotopic (exact) mass is 343 g/mol. The number of nitrogens with one attached hydrogen (secondary N) is 2. The quantitative estimate of drug-likeness (QED) is 0.763. The Balaban J connectivity index is 2.85. The number of anilines is 1. The molecule has 2 amide bonds. The molecule has 6 nitrogen and oxygen atoms in total. The van der Waals surface area contributed by atoms with Crippen LogP contribution >= 0.6 is 0 Å². The lowest BCUT2D eigenvalue weighted by molar-refractivity contribution is -0.138. The predicted molar refractivity (Wildman–Crippen MR) is 79.3 cm³/mol. The summed E-state index contributed by atoms with van der Waals surface area (Å²) in [6, 6.07) is 3.48. The summed E-state index contributed by atoms with van der Waals surface area (Å²) in [6.45, 7) is 3.19. The van der Waals surface area contributed by atoms with Crippen molar-refractivity contribution in [2.24, 2.45) is 0 Å². The van der Waals surface area contributed by atoms with Crippen LogP contribution in [0.1, 0.15) is 37.8 Å². The van der Waals surface area contributed by atoms with Crippen LogP contribution in [-0.4, -0.2) is 22.6 Å². The summed E-state index contributed by atoms with van der Waals surface area (Å²) in [7, 11) is 0. The lowest BCUT2D eigenvalue weighted by Crippen LogP contribution is -2.45. The molecule has 0 aromatic heterocycles. The second-order valence-corrected chi connectivity index (χ2v) is 5.73. The van der Waals surface area contributed by atoms with Gasteiger partial charge in [-0.15, -0.1) is 0 Å². The number of carboxylic acids is 1. The lowest BCUT2D eigenvalue weighted by atomic mass is 9.99. The van der Waals surface area contributed by atoms with Gasteiger partial charge in [-0.3, -0.25) is 4.79 Å². The average Bonchev–Trinajstić information content (AvgIpc) is 2.43. The summed E-state index contributed by atoms with van der Waals surface area (Å²) in [5.41, 5.74) is -2.68. The van der Waals surface area contributed by atoms with Crippen molar-refractivity contribution < 1.29 is 27.9 Å². The summed E-state index contributed by atoms with van der Waals surface area (Å²) < 4.78 is 38.6. The molecule has 0 aliphatic heterocycles. The summed E-state index contributed by atoms with van der Waals surface area (Å²) in [6.07, 6.45) is -4.74. The SMILES string of the molecule is CC(C)(CCC(=O)O)NC(=O)Nc1ccc(C#N)c(C(F)(F)F)c1. The molecule has 0 aliphatic rings. The number of carbonyl (C=O) groups excluding carboxylic acids is 1. The Morgan fingerprint density at radius 1 is 1.29 bits per heavy atom. The first-order valence-electron chi connectivity index (χ1n) is 6.87. The molecule has 0 spiro atoms. The molecule has 0 aliphatic carbocycles. The third-order valence-electron chi connectivity index (χ3n) is 3.12. The van der Waals surface area contributed by atoms with Crippen molar-refractivity contribution in [1.82, 2.24) is 5.32 Å². The highest BCUT2D eigenvalue weighted by Crippen LogP contribution is 2.33. The van der Waals surface area contributed by atoms with Gasteiger partial charge in [-0.1, -0.05) is 0 Å². The van der Waals surface area contributed by atoms with E-state index in [0.29, 0.717) is 6.07 Å². The number of amides is 2. The highest BCUT2D eigenvalue weighted by atomic mass is 19.4. The van der Waals surface area contributed by atoms with Gasteiger partial charge in [-0.25, -0.2) is 4.79 Å². The Bertz CT molecular complexity index is 679. The second kappa shape index (κ2) is 7.21. The summed E-state index contributed by atoms with van der Waals surface area (Å²) in [4.78, 5) is 22.4. The number of alkyl halides is 3. The molecular weight excluding hydrogens is 327 g/mol. The van der Waals surface area contributed by atoms with Crippen molar-refractivity contribution in [3.63, 3.8) is 0 Å². The standard InChI is InChI=1S/C15H16F3N3O3/c1-14(2,6-5-12(22)23)21-13(24)20-10-4-3-9(8-19)11(7-10)15(16,17)18/h3-4,7H,5-6H2,1-2H3,(H,22,23)(H2,20,21,24). The summed E-state index contributed by atoms with van der Waals surface area (Å²) in [5.74, 6) is -1.02. The minimum atomic E-state index is -4.72. The van der Waals surface area contributed by atoms with Crippen LogP contribution in [0.5, 0.6) is 0 Å². The Kier molecular flexibility index (Phi) is 5.79. The molecule has 1 aromatic rings. The van der Waals surface area contributed by atoms with Gasteiger partial charge in [-0.05, 0) is 38.5 Å². The fourth-order valence-corrected chi connectivity index (χ4v) is 1.91. The number of hydrogen-bond donors (Lipinski definition) is 3. The number of benzene rings is 1. The van der Waals surface area contributed by atoms with Crippen molar-refractivity contribution in [3.05, 3.63) is 29.3 Å². The summed E-state index contributed by atoms with van der Waals surface area (Å²) >= 11 is 0. The average molecular weight is 343 g/mol. The Hall–Kier alpha value is -2.76. The van der Waals surface area contributed by atoms with Gasteiger partial charge in [-0.2, -0.15) is 18.4 Å². The highest BCUT2D eigenvalue weighted by molar-refractivity contribution is 5.90. The second-order valence-electron chi connectivity index (χ2n) is 5.73. The largest absolute Gasteiger partial charge is 0.481 e. The maximum atomic E-state index is 12.9. The molecule has 0 saturated carbocycles. The molecule has 1 rings (SSSR count). The molecule has 0 radical (unpaired) electrons. The Morgan fingerprint density at radius 3 is 2.42 bits per heavy atom. The number of halogens is 3. The Labute approximate surface area is 136 Å². The van der Waals surface area contributed by atoms with E-state index in [1.807, 2.05) is 0 Å². The molecule has 3 N–H and O–H groups in total. The molecule has 130 valence electrons. The van der Waals surface area contributed by atoms with Gasteiger partial charge < -0.3 is 15.7 Å². The van der Waals surface area contributed by atoms with E-state index in [1.54, 1.807) is 13.8 Å². The number of aliphatic carboxylic acids is 1. The van der Waals surface area contributed by atoms with Crippen LogP contribution in [-0.2, 0) is 11.0 Å². The van der Waals surface area contributed by atoms with Gasteiger partial charge in [0.1, 0.15) is 0 Å². The first-order chi connectivity index (χ1) is 10.9. The topological polar surface area (TPSA) is 102 Å². The molecule has 24 heavy (non-hydrogen) atoms. The minimum Gasteiger partial charge on any atom is -0.481 e. The van der Waals surface area contributed by atoms with E-state index in [1.165, 1.54) is 12.1 Å². The molecule has 0 atom stereocenters. The van der Waals surface area contributed by atoms with Crippen LogP contribution in [0.25, 0.3) is 0 Å². The van der Waals surface area contributed by atoms with Gasteiger partial charge in [0, 0.05) is 17.6 Å². The maximum absolute atomic E-state index is 12.9. The summed E-state index contributed by atoms with van der Waals surface area (Å²) in [5, 5.41) is 22.1. The fourth-order valence-electron chi connectivity index (χ4n) is 1.91. The highest BCUT2D eigenvalue weighted by Gasteiger charge is 2.34. The molecule has 0 fully saturated rings. The van der Waals surface area contributed by atoms with Crippen molar-refractivity contribution >= 4 is 17.7 Å². The Morgan fingerprint density at radius 2 is 1.92 bits per heavy atom. The zero-order valence-corrected chi connectivity index (χ0v) is 13.0. The van der Waals surface area contributed by atoms with Crippen molar-refractivity contribution in [1.29, 1.82) is 5.26 Å². The number of urea groups is 1. The van der Waals surface area contributed by atoms with Crippen molar-refractivity contribution in [2.75, 3.05) is 5.32 Å². The third-order valence-corrected chi connectivity index (χ3v) is 3.12. The van der Waals surface area contributed by atoms with Crippen LogP contribution < -0.4 is 10.6 Å². The van der Waals surface area contributed by atoms with Gasteiger partial charge in [0.15, 0.2) is 0 Å². The van der Waals surface area contributed by atoms with E-state index in [2.05, 4.69) is 10.6 Å². The van der Waals surface area contributed by atoms with E-state index in [9.17, 15) is 22.8 Å². The van der Waals surface area contributed by atoms with Crippen LogP contribution in [0.3, 0.4) is 0 Å². The first kappa shape index (κ1) is 19.3. The third kappa shape index (κ3) is 5.79. The zero-order chi connectivity index (χ0) is 18.5. The van der Waals surface area contributed by atoms with E-state index in [4.69, 9.17) is 10.4 Å². The number of carbonyl (C=O) groups is 2. The number of hydrogen-bond acceptors (Lipinski definition) is 3. The normalized spacial score (nSPS) is 11.5. The number of nitriles is 1. The minimum absolute atomic E-state index is 0.132. The molecular formula is C15H16F3N3O3. The van der Waals surface area contributed by atoms with Gasteiger partial charge >= 0.3 is 18.2 Å². The van der Waals surface area contributed by atoms with Gasteiger partial charge in [0.25, 0.3) is 0 Å². The fraction of sp³-hybridized carbons (Fsp3) is 0.400. The molecule has 1 aromatic carbocycles. The maximum Gasteiger partial charge on any atom is 0.417 e. The van der Waals surface area contributed by atoms with Crippen LogP contribution in [0.4, 0.5) is 23.7 Å². The number of nitrogens with zero attached hydrogens (tertiary/aromatic N) is 1. The van der Waals surface area contributed by atoms with Crippen LogP contribution in [0.15, 0.2) is 18.2 Å². The molecule has 0 unspecified atom stereocenters. The van der Waals surface area contributed by atoms with Gasteiger partial charge in [0.05, 0.1) is 17.2 Å². The lowest BCUT2D eigenvalue weighted by Gasteiger charge is -2.25. The molecule has 0 heterocycles. The van der Waals surface area contributed by atoms with Gasteiger partial charge in [0.2, 0.25) is 0 Å². The van der Waals surface area contributed by atoms with E-state index in [0.717, 1.165) is 6.07 Å². The zero-order valence-electron chi connectivity index (χ0n) is 13.0. The van der Waals surface area contributed by atoms with Crippen molar-refractivity contribution in [3.8, 4) is 6.07 Å². The number of rotatable bonds is 5. The number of carboxylic acid groups (broad SMARTS) is 1. The smallest absolute Gasteiger partial charge is 0.417 e. The molecule has 0 saturated heterocycles. The molecule has 9 heteroatoms. The molecule has 0 bridgehead atoms.